The Labute approximate surface area is 236 Å². The van der Waals surface area contributed by atoms with E-state index in [1.54, 1.807) is 41.8 Å². The van der Waals surface area contributed by atoms with Gasteiger partial charge in [-0.15, -0.1) is 11.3 Å². The number of methoxy groups -OCH3 is 1. The van der Waals surface area contributed by atoms with Crippen LogP contribution in [0.1, 0.15) is 53.8 Å². The van der Waals surface area contributed by atoms with Crippen LogP contribution in [0.3, 0.4) is 0 Å². The molecule has 4 aromatic rings. The Bertz CT molecular complexity index is 1580. The molecule has 1 atom stereocenters. The molecule has 0 spiro atoms. The van der Waals surface area contributed by atoms with Crippen molar-refractivity contribution in [3.63, 3.8) is 0 Å². The Kier molecular flexibility index (Phi) is 7.58. The number of nitro benzene ring substituents is 1. The van der Waals surface area contributed by atoms with Gasteiger partial charge in [0.1, 0.15) is 22.3 Å². The summed E-state index contributed by atoms with van der Waals surface area (Å²) in [6.45, 7) is 6.79. The van der Waals surface area contributed by atoms with E-state index in [4.69, 9.17) is 14.1 Å². The summed E-state index contributed by atoms with van der Waals surface area (Å²) in [5.41, 5.74) is 2.80. The molecule has 0 saturated heterocycles. The van der Waals surface area contributed by atoms with E-state index in [9.17, 15) is 14.9 Å². The molecule has 0 fully saturated rings. The summed E-state index contributed by atoms with van der Waals surface area (Å²) in [7, 11) is 1.46. The van der Waals surface area contributed by atoms with E-state index in [-0.39, 0.29) is 17.0 Å². The Morgan fingerprint density at radius 2 is 1.95 bits per heavy atom. The van der Waals surface area contributed by atoms with E-state index in [0.717, 1.165) is 30.5 Å². The minimum atomic E-state index is -0.465. The van der Waals surface area contributed by atoms with Crippen molar-refractivity contribution in [2.24, 2.45) is 16.3 Å². The van der Waals surface area contributed by atoms with Crippen LogP contribution in [-0.4, -0.2) is 24.2 Å². The van der Waals surface area contributed by atoms with Gasteiger partial charge in [-0.25, -0.2) is 4.99 Å². The first-order chi connectivity index (χ1) is 19.1. The smallest absolute Gasteiger partial charge is 0.284 e. The number of carbonyl (C=O) groups is 1. The predicted molar refractivity (Wildman–Crippen MR) is 158 cm³/mol. The van der Waals surface area contributed by atoms with Crippen molar-refractivity contribution in [2.45, 2.75) is 40.0 Å². The highest BCUT2D eigenvalue weighted by molar-refractivity contribution is 7.16. The van der Waals surface area contributed by atoms with Gasteiger partial charge >= 0.3 is 0 Å². The molecule has 0 unspecified atom stereocenters. The first-order valence-electron chi connectivity index (χ1n) is 13.1. The first-order valence-corrected chi connectivity index (χ1v) is 13.9. The van der Waals surface area contributed by atoms with Gasteiger partial charge in [0.05, 0.1) is 35.4 Å². The third kappa shape index (κ3) is 5.70. The number of anilines is 1. The zero-order chi connectivity index (χ0) is 28.4. The van der Waals surface area contributed by atoms with E-state index < -0.39 is 4.92 Å². The second-order valence-electron chi connectivity index (χ2n) is 10.9. The van der Waals surface area contributed by atoms with Crippen molar-refractivity contribution < 1.29 is 18.9 Å². The Morgan fingerprint density at radius 3 is 2.65 bits per heavy atom. The number of furan rings is 1. The summed E-state index contributed by atoms with van der Waals surface area (Å²) >= 11 is 1.55. The molecule has 2 aromatic heterocycles. The third-order valence-electron chi connectivity index (χ3n) is 7.33. The number of ether oxygens (including phenoxy) is 1. The van der Waals surface area contributed by atoms with Crippen molar-refractivity contribution in [3.8, 4) is 17.1 Å². The van der Waals surface area contributed by atoms with Crippen LogP contribution >= 0.6 is 11.3 Å². The molecule has 2 aromatic carbocycles. The maximum atomic E-state index is 13.5. The molecule has 0 bridgehead atoms. The molecule has 8 nitrogen and oxygen atoms in total. The largest absolute Gasteiger partial charge is 0.497 e. The fraction of sp³-hybridized carbons (Fsp3) is 0.290. The van der Waals surface area contributed by atoms with Crippen LogP contribution in [0, 0.1) is 21.4 Å². The molecular formula is C31H31N3O5S. The summed E-state index contributed by atoms with van der Waals surface area (Å²) in [6.07, 6.45) is 4.32. The van der Waals surface area contributed by atoms with Crippen LogP contribution in [-0.2, 0) is 12.8 Å². The topological polar surface area (TPSA) is 107 Å². The van der Waals surface area contributed by atoms with E-state index >= 15 is 0 Å². The maximum absolute atomic E-state index is 13.5. The van der Waals surface area contributed by atoms with E-state index in [0.29, 0.717) is 39.3 Å². The Hall–Kier alpha value is -4.24. The van der Waals surface area contributed by atoms with Gasteiger partial charge in [0.15, 0.2) is 0 Å². The Balaban J connectivity index is 1.47. The summed E-state index contributed by atoms with van der Waals surface area (Å²) < 4.78 is 11.1. The number of nitro groups is 1. The highest BCUT2D eigenvalue weighted by Gasteiger charge is 2.33. The quantitative estimate of drug-likeness (QED) is 0.140. The van der Waals surface area contributed by atoms with Crippen molar-refractivity contribution in [1.29, 1.82) is 0 Å². The summed E-state index contributed by atoms with van der Waals surface area (Å²) in [5.74, 6) is 1.50. The van der Waals surface area contributed by atoms with E-state index in [2.05, 4.69) is 26.1 Å². The zero-order valence-corrected chi connectivity index (χ0v) is 23.7. The van der Waals surface area contributed by atoms with E-state index in [1.165, 1.54) is 18.1 Å². The van der Waals surface area contributed by atoms with Crippen LogP contribution in [0.4, 0.5) is 16.4 Å². The lowest BCUT2D eigenvalue weighted by molar-refractivity contribution is -0.384. The maximum Gasteiger partial charge on any atom is 0.284 e. The number of carbonyl (C=O) groups excluding carboxylic acids is 1. The molecule has 206 valence electrons. The number of benzene rings is 2. The number of thiophene rings is 1. The molecule has 1 aliphatic carbocycles. The number of hydrogen-bond acceptors (Lipinski definition) is 7. The molecule has 1 amide bonds. The molecule has 40 heavy (non-hydrogen) atoms. The number of nitrogens with zero attached hydrogens (tertiary/aromatic N) is 2. The lowest BCUT2D eigenvalue weighted by Gasteiger charge is -2.33. The second kappa shape index (κ2) is 11.1. The monoisotopic (exact) mass is 557 g/mol. The highest BCUT2D eigenvalue weighted by atomic mass is 32.1. The summed E-state index contributed by atoms with van der Waals surface area (Å²) in [4.78, 5) is 30.6. The van der Waals surface area contributed by atoms with Crippen LogP contribution < -0.4 is 10.1 Å². The predicted octanol–water partition coefficient (Wildman–Crippen LogP) is 8.08. The fourth-order valence-corrected chi connectivity index (χ4v) is 6.31. The zero-order valence-electron chi connectivity index (χ0n) is 22.9. The van der Waals surface area contributed by atoms with Gasteiger partial charge < -0.3 is 14.5 Å². The number of rotatable bonds is 7. The average molecular weight is 558 g/mol. The number of fused-ring (bicyclic) bond motifs is 1. The number of para-hydroxylation sites is 1. The van der Waals surface area contributed by atoms with Gasteiger partial charge in [0.25, 0.3) is 11.6 Å². The first kappa shape index (κ1) is 27.3. The molecule has 0 saturated carbocycles. The molecule has 5 rings (SSSR count). The fourth-order valence-electron chi connectivity index (χ4n) is 5.04. The van der Waals surface area contributed by atoms with Crippen molar-refractivity contribution in [2.75, 3.05) is 12.4 Å². The van der Waals surface area contributed by atoms with Gasteiger partial charge in [0, 0.05) is 10.6 Å². The van der Waals surface area contributed by atoms with Crippen molar-refractivity contribution in [3.05, 3.63) is 92.5 Å². The molecule has 0 aliphatic heterocycles. The van der Waals surface area contributed by atoms with Gasteiger partial charge in [-0.05, 0) is 72.6 Å². The van der Waals surface area contributed by atoms with Gasteiger partial charge in [0.2, 0.25) is 0 Å². The van der Waals surface area contributed by atoms with Crippen LogP contribution in [0.2, 0.25) is 0 Å². The van der Waals surface area contributed by atoms with Crippen LogP contribution in [0.5, 0.6) is 5.75 Å². The number of amides is 1. The van der Waals surface area contributed by atoms with Crippen LogP contribution in [0.25, 0.3) is 11.3 Å². The van der Waals surface area contributed by atoms with Crippen molar-refractivity contribution in [1.82, 2.24) is 0 Å². The van der Waals surface area contributed by atoms with Crippen LogP contribution in [0.15, 0.2) is 70.1 Å². The normalized spacial score (nSPS) is 15.2. The molecule has 0 radical (unpaired) electrons. The SMILES string of the molecule is COc1ccc(-c2ccc(C=Nc3sc4c(c3C(=O)Nc3ccccc3)CC[C@H](C(C)(C)C)C4)o2)c([N+](=O)[O-])c1. The molecule has 1 N–H and O–H groups in total. The van der Waals surface area contributed by atoms with E-state index in [1.807, 2.05) is 30.3 Å². The lowest BCUT2D eigenvalue weighted by Crippen LogP contribution is -2.27. The summed E-state index contributed by atoms with van der Waals surface area (Å²) in [6, 6.07) is 17.4. The molecule has 9 heteroatoms. The number of hydrogen-bond donors (Lipinski definition) is 1. The average Bonchev–Trinajstić information content (AvgIpc) is 3.55. The minimum absolute atomic E-state index is 0.114. The minimum Gasteiger partial charge on any atom is -0.497 e. The van der Waals surface area contributed by atoms with Gasteiger partial charge in [-0.1, -0.05) is 39.0 Å². The highest BCUT2D eigenvalue weighted by Crippen LogP contribution is 2.45. The van der Waals surface area contributed by atoms with Gasteiger partial charge in [-0.2, -0.15) is 0 Å². The molecular weight excluding hydrogens is 526 g/mol. The number of aliphatic imine (C=N–C) groups is 1. The lowest BCUT2D eigenvalue weighted by atomic mass is 9.72. The third-order valence-corrected chi connectivity index (χ3v) is 8.50. The Morgan fingerprint density at radius 1 is 1.18 bits per heavy atom. The van der Waals surface area contributed by atoms with Crippen molar-refractivity contribution >= 4 is 39.8 Å². The second-order valence-corrected chi connectivity index (χ2v) is 12.0. The molecule has 1 aliphatic rings. The standard InChI is InChI=1S/C31H31N3O5S/c1-31(2,3)19-10-13-24-27(16-19)40-30(28(24)29(35)33-20-8-6-5-7-9-20)32-18-22-12-15-26(39-22)23-14-11-21(38-4)17-25(23)34(36)37/h5-9,11-12,14-15,17-19H,10,13,16H2,1-4H3,(H,33,35)/t19-/m0/s1. The van der Waals surface area contributed by atoms with Gasteiger partial charge in [-0.3, -0.25) is 14.9 Å². The number of nitrogens with one attached hydrogen (secondary N) is 1. The molecule has 2 heterocycles. The summed E-state index contributed by atoms with van der Waals surface area (Å²) in [5, 5.41) is 15.3.